The first-order valence-corrected chi connectivity index (χ1v) is 8.27. The van der Waals surface area contributed by atoms with Gasteiger partial charge in [0.05, 0.1) is 17.8 Å². The maximum atomic E-state index is 11.4. The molecule has 4 nitrogen and oxygen atoms in total. The standard InChI is InChI=1S/C17H25ClN2O2.ClH/c1-12(21)6-7-16(20-8-4-3-5-9-20)13-10-14(18)15(19)11-17(13)22-2;/h10-11,16H,3-9,19H2,1-2H3;1H. The molecule has 2 N–H and O–H groups in total. The van der Waals surface area contributed by atoms with Gasteiger partial charge in [0.2, 0.25) is 0 Å². The Kier molecular flexibility index (Phi) is 8.17. The zero-order valence-electron chi connectivity index (χ0n) is 13.8. The Morgan fingerprint density at radius 1 is 1.35 bits per heavy atom. The van der Waals surface area contributed by atoms with E-state index in [0.29, 0.717) is 17.1 Å². The van der Waals surface area contributed by atoms with Crippen molar-refractivity contribution in [1.82, 2.24) is 4.90 Å². The predicted octanol–water partition coefficient (Wildman–Crippen LogP) is 4.25. The van der Waals surface area contributed by atoms with E-state index < -0.39 is 0 Å². The number of hydrogen-bond donors (Lipinski definition) is 1. The average molecular weight is 361 g/mol. The first kappa shape index (κ1) is 20.1. The fraction of sp³-hybridized carbons (Fsp3) is 0.588. The minimum absolute atomic E-state index is 0. The SMILES string of the molecule is COc1cc(N)c(Cl)cc1C(CCC(C)=O)N1CCCCC1.Cl. The molecule has 1 heterocycles. The lowest BCUT2D eigenvalue weighted by atomic mass is 9.95. The van der Waals surface area contributed by atoms with Gasteiger partial charge in [-0.1, -0.05) is 18.0 Å². The number of nitrogens with zero attached hydrogens (tertiary/aromatic N) is 1. The monoisotopic (exact) mass is 360 g/mol. The first-order valence-electron chi connectivity index (χ1n) is 7.89. The van der Waals surface area contributed by atoms with Gasteiger partial charge in [0.1, 0.15) is 11.5 Å². The van der Waals surface area contributed by atoms with Crippen molar-refractivity contribution in [1.29, 1.82) is 0 Å². The van der Waals surface area contributed by atoms with Crippen LogP contribution in [0.2, 0.25) is 5.02 Å². The largest absolute Gasteiger partial charge is 0.496 e. The van der Waals surface area contributed by atoms with Crippen molar-refractivity contribution >= 4 is 35.5 Å². The lowest BCUT2D eigenvalue weighted by Crippen LogP contribution is -2.34. The number of nitrogen functional groups attached to an aromatic ring is 1. The molecule has 1 unspecified atom stereocenters. The summed E-state index contributed by atoms with van der Waals surface area (Å²) in [6, 6.07) is 3.83. The van der Waals surface area contributed by atoms with E-state index in [1.54, 1.807) is 20.1 Å². The van der Waals surface area contributed by atoms with Gasteiger partial charge in [-0.2, -0.15) is 0 Å². The summed E-state index contributed by atoms with van der Waals surface area (Å²) in [7, 11) is 1.64. The number of likely N-dealkylation sites (tertiary alicyclic amines) is 1. The van der Waals surface area contributed by atoms with Crippen LogP contribution in [0.15, 0.2) is 12.1 Å². The zero-order valence-corrected chi connectivity index (χ0v) is 15.4. The smallest absolute Gasteiger partial charge is 0.129 e. The molecule has 0 spiro atoms. The molecule has 0 saturated carbocycles. The number of benzene rings is 1. The molecule has 6 heteroatoms. The summed E-state index contributed by atoms with van der Waals surface area (Å²) in [5, 5.41) is 0.542. The lowest BCUT2D eigenvalue weighted by molar-refractivity contribution is -0.117. The Morgan fingerprint density at radius 2 is 2.00 bits per heavy atom. The van der Waals surface area contributed by atoms with Crippen LogP contribution < -0.4 is 10.5 Å². The number of ether oxygens (including phenoxy) is 1. The maximum Gasteiger partial charge on any atom is 0.129 e. The quantitative estimate of drug-likeness (QED) is 0.770. The molecule has 0 amide bonds. The van der Waals surface area contributed by atoms with Gasteiger partial charge in [0.25, 0.3) is 0 Å². The van der Waals surface area contributed by atoms with Gasteiger partial charge in [-0.25, -0.2) is 0 Å². The number of methoxy groups -OCH3 is 1. The van der Waals surface area contributed by atoms with Crippen molar-refractivity contribution in [2.75, 3.05) is 25.9 Å². The Hall–Kier alpha value is -0.970. The van der Waals surface area contributed by atoms with Gasteiger partial charge in [0, 0.05) is 24.1 Å². The van der Waals surface area contributed by atoms with Crippen LogP contribution in [-0.2, 0) is 4.79 Å². The van der Waals surface area contributed by atoms with Gasteiger partial charge in [-0.15, -0.1) is 12.4 Å². The van der Waals surface area contributed by atoms with Gasteiger partial charge in [0.15, 0.2) is 0 Å². The minimum Gasteiger partial charge on any atom is -0.496 e. The summed E-state index contributed by atoms with van der Waals surface area (Å²) < 4.78 is 5.51. The molecule has 1 aliphatic rings. The number of anilines is 1. The molecule has 0 aromatic heterocycles. The Labute approximate surface area is 149 Å². The third-order valence-electron chi connectivity index (χ3n) is 4.31. The second-order valence-corrected chi connectivity index (χ2v) is 6.38. The van der Waals surface area contributed by atoms with Crippen LogP contribution in [0.4, 0.5) is 5.69 Å². The van der Waals surface area contributed by atoms with E-state index in [-0.39, 0.29) is 24.2 Å². The topological polar surface area (TPSA) is 55.6 Å². The van der Waals surface area contributed by atoms with E-state index in [1.807, 2.05) is 6.07 Å². The van der Waals surface area contributed by atoms with E-state index in [0.717, 1.165) is 30.8 Å². The predicted molar refractivity (Wildman–Crippen MR) is 97.7 cm³/mol. The summed E-state index contributed by atoms with van der Waals surface area (Å²) in [6.07, 6.45) is 5.01. The molecule has 0 bridgehead atoms. The number of ketones is 1. The molecule has 1 aromatic rings. The molecular weight excluding hydrogens is 335 g/mol. The normalized spacial score (nSPS) is 16.5. The number of carbonyl (C=O) groups excluding carboxylic acids is 1. The Morgan fingerprint density at radius 3 is 2.57 bits per heavy atom. The number of halogens is 2. The molecule has 0 aliphatic carbocycles. The van der Waals surface area contributed by atoms with Crippen molar-refractivity contribution in [3.8, 4) is 5.75 Å². The van der Waals surface area contributed by atoms with E-state index in [4.69, 9.17) is 22.1 Å². The number of carbonyl (C=O) groups is 1. The maximum absolute atomic E-state index is 11.4. The van der Waals surface area contributed by atoms with Gasteiger partial charge in [-0.3, -0.25) is 4.90 Å². The lowest BCUT2D eigenvalue weighted by Gasteiger charge is -2.35. The van der Waals surface area contributed by atoms with E-state index in [1.165, 1.54) is 19.3 Å². The Balaban J connectivity index is 0.00000264. The van der Waals surface area contributed by atoms with Crippen LogP contribution >= 0.6 is 24.0 Å². The van der Waals surface area contributed by atoms with E-state index >= 15 is 0 Å². The van der Waals surface area contributed by atoms with E-state index in [9.17, 15) is 4.79 Å². The highest BCUT2D eigenvalue weighted by Gasteiger charge is 2.26. The fourth-order valence-electron chi connectivity index (χ4n) is 3.13. The van der Waals surface area contributed by atoms with Crippen molar-refractivity contribution < 1.29 is 9.53 Å². The summed E-state index contributed by atoms with van der Waals surface area (Å²) >= 11 is 6.22. The number of hydrogen-bond acceptors (Lipinski definition) is 4. The molecular formula is C17H26Cl2N2O2. The minimum atomic E-state index is 0. The third-order valence-corrected chi connectivity index (χ3v) is 4.64. The first-order chi connectivity index (χ1) is 10.5. The molecule has 1 aliphatic heterocycles. The molecule has 1 fully saturated rings. The van der Waals surface area contributed by atoms with Crippen molar-refractivity contribution in [2.45, 2.75) is 45.1 Å². The van der Waals surface area contributed by atoms with Crippen LogP contribution in [0.1, 0.15) is 50.6 Å². The molecule has 130 valence electrons. The molecule has 0 radical (unpaired) electrons. The summed E-state index contributed by atoms with van der Waals surface area (Å²) in [6.45, 7) is 3.74. The highest BCUT2D eigenvalue weighted by atomic mass is 35.5. The number of nitrogens with two attached hydrogens (primary N) is 1. The molecule has 1 aromatic carbocycles. The number of piperidine rings is 1. The van der Waals surface area contributed by atoms with Gasteiger partial charge in [-0.05, 0) is 45.3 Å². The van der Waals surface area contributed by atoms with Crippen LogP contribution in [0.3, 0.4) is 0 Å². The molecule has 1 saturated heterocycles. The second kappa shape index (κ2) is 9.36. The highest BCUT2D eigenvalue weighted by molar-refractivity contribution is 6.33. The van der Waals surface area contributed by atoms with E-state index in [2.05, 4.69) is 4.90 Å². The number of Topliss-reactive ketones (excluding diaryl/α,β-unsaturated/α-hetero) is 1. The molecule has 2 rings (SSSR count). The third kappa shape index (κ3) is 5.27. The summed E-state index contributed by atoms with van der Waals surface area (Å²) in [5.41, 5.74) is 7.44. The van der Waals surface area contributed by atoms with Crippen LogP contribution in [-0.4, -0.2) is 30.9 Å². The van der Waals surface area contributed by atoms with Gasteiger partial charge >= 0.3 is 0 Å². The second-order valence-electron chi connectivity index (χ2n) is 5.97. The highest BCUT2D eigenvalue weighted by Crippen LogP contribution is 2.38. The summed E-state index contributed by atoms with van der Waals surface area (Å²) in [4.78, 5) is 13.9. The van der Waals surface area contributed by atoms with Crippen LogP contribution in [0.25, 0.3) is 0 Å². The van der Waals surface area contributed by atoms with Crippen LogP contribution in [0.5, 0.6) is 5.75 Å². The average Bonchev–Trinajstić information content (AvgIpc) is 2.51. The van der Waals surface area contributed by atoms with Crippen molar-refractivity contribution in [3.05, 3.63) is 22.7 Å². The van der Waals surface area contributed by atoms with Crippen molar-refractivity contribution in [2.24, 2.45) is 0 Å². The van der Waals surface area contributed by atoms with Crippen molar-refractivity contribution in [3.63, 3.8) is 0 Å². The number of rotatable bonds is 6. The summed E-state index contributed by atoms with van der Waals surface area (Å²) in [5.74, 6) is 0.962. The van der Waals surface area contributed by atoms with Crippen LogP contribution in [0, 0.1) is 0 Å². The zero-order chi connectivity index (χ0) is 16.1. The fourth-order valence-corrected chi connectivity index (χ4v) is 3.30. The Bertz CT molecular complexity index is 532. The molecule has 23 heavy (non-hydrogen) atoms. The molecule has 1 atom stereocenters. The van der Waals surface area contributed by atoms with Gasteiger partial charge < -0.3 is 15.3 Å².